The SMILES string of the molecule is CCOC(=O)C(CC(=O)O)C1c2ccccc2-c2ccccc21. The number of hydrogen-bond acceptors (Lipinski definition) is 3. The topological polar surface area (TPSA) is 63.6 Å². The molecule has 0 saturated carbocycles. The average molecular weight is 310 g/mol. The molecule has 4 nitrogen and oxygen atoms in total. The highest BCUT2D eigenvalue weighted by Gasteiger charge is 2.39. The first-order valence-electron chi connectivity index (χ1n) is 7.70. The van der Waals surface area contributed by atoms with Gasteiger partial charge in [0.05, 0.1) is 18.9 Å². The van der Waals surface area contributed by atoms with E-state index < -0.39 is 17.9 Å². The molecule has 0 aliphatic heterocycles. The lowest BCUT2D eigenvalue weighted by atomic mass is 9.82. The zero-order valence-electron chi connectivity index (χ0n) is 12.9. The minimum atomic E-state index is -0.995. The normalized spacial score (nSPS) is 14.0. The van der Waals surface area contributed by atoms with E-state index in [4.69, 9.17) is 4.74 Å². The fourth-order valence-electron chi connectivity index (χ4n) is 3.40. The number of carbonyl (C=O) groups excluding carboxylic acids is 1. The molecular weight excluding hydrogens is 292 g/mol. The van der Waals surface area contributed by atoms with Crippen molar-refractivity contribution in [1.82, 2.24) is 0 Å². The standard InChI is InChI=1S/C19H18O4/c1-2-23-19(22)16(11-17(20)21)18-14-9-5-3-7-12(14)13-8-4-6-10-15(13)18/h3-10,16,18H,2,11H2,1H3,(H,20,21). The molecule has 118 valence electrons. The highest BCUT2D eigenvalue weighted by molar-refractivity contribution is 5.86. The highest BCUT2D eigenvalue weighted by Crippen LogP contribution is 2.49. The van der Waals surface area contributed by atoms with Gasteiger partial charge >= 0.3 is 11.9 Å². The van der Waals surface area contributed by atoms with Crippen LogP contribution in [0.2, 0.25) is 0 Å². The van der Waals surface area contributed by atoms with E-state index in [1.165, 1.54) is 0 Å². The molecule has 1 aliphatic carbocycles. The molecule has 3 rings (SSSR count). The Labute approximate surface area is 134 Å². The molecule has 23 heavy (non-hydrogen) atoms. The summed E-state index contributed by atoms with van der Waals surface area (Å²) in [6.45, 7) is 1.97. The predicted octanol–water partition coefficient (Wildman–Crippen LogP) is 3.45. The average Bonchev–Trinajstić information content (AvgIpc) is 2.87. The highest BCUT2D eigenvalue weighted by atomic mass is 16.5. The van der Waals surface area contributed by atoms with Gasteiger partial charge in [-0.3, -0.25) is 9.59 Å². The summed E-state index contributed by atoms with van der Waals surface area (Å²) in [6.07, 6.45) is -0.244. The summed E-state index contributed by atoms with van der Waals surface area (Å²) in [7, 11) is 0. The van der Waals surface area contributed by atoms with Crippen LogP contribution in [0, 0.1) is 5.92 Å². The largest absolute Gasteiger partial charge is 0.481 e. The van der Waals surface area contributed by atoms with Gasteiger partial charge in [-0.15, -0.1) is 0 Å². The van der Waals surface area contributed by atoms with Crippen LogP contribution in [0.15, 0.2) is 48.5 Å². The van der Waals surface area contributed by atoms with Gasteiger partial charge in [0, 0.05) is 5.92 Å². The molecule has 0 radical (unpaired) electrons. The molecule has 0 amide bonds. The van der Waals surface area contributed by atoms with Crippen molar-refractivity contribution in [3.8, 4) is 11.1 Å². The second-order valence-electron chi connectivity index (χ2n) is 5.61. The maximum atomic E-state index is 12.4. The van der Waals surface area contributed by atoms with Crippen molar-refractivity contribution in [2.45, 2.75) is 19.3 Å². The lowest BCUT2D eigenvalue weighted by Crippen LogP contribution is -2.27. The summed E-state index contributed by atoms with van der Waals surface area (Å²) in [5, 5.41) is 9.25. The van der Waals surface area contributed by atoms with Crippen molar-refractivity contribution in [1.29, 1.82) is 0 Å². The first-order valence-corrected chi connectivity index (χ1v) is 7.70. The van der Waals surface area contributed by atoms with Gasteiger partial charge in [-0.05, 0) is 29.2 Å². The number of ether oxygens (including phenoxy) is 1. The summed E-state index contributed by atoms with van der Waals surface area (Å²) in [5.41, 5.74) is 4.11. The predicted molar refractivity (Wildman–Crippen MR) is 86.1 cm³/mol. The Morgan fingerprint density at radius 2 is 1.57 bits per heavy atom. The Hall–Kier alpha value is -2.62. The number of carboxylic acids is 1. The molecule has 1 atom stereocenters. The van der Waals surface area contributed by atoms with E-state index in [9.17, 15) is 14.7 Å². The molecule has 0 bridgehead atoms. The smallest absolute Gasteiger partial charge is 0.310 e. The van der Waals surface area contributed by atoms with E-state index in [1.807, 2.05) is 48.5 Å². The molecule has 0 spiro atoms. The maximum Gasteiger partial charge on any atom is 0.310 e. The van der Waals surface area contributed by atoms with Crippen LogP contribution in [0.4, 0.5) is 0 Å². The van der Waals surface area contributed by atoms with Crippen LogP contribution in [0.3, 0.4) is 0 Å². The van der Waals surface area contributed by atoms with Crippen LogP contribution in [-0.2, 0) is 14.3 Å². The first kappa shape index (κ1) is 15.3. The zero-order chi connectivity index (χ0) is 16.4. The quantitative estimate of drug-likeness (QED) is 0.859. The van der Waals surface area contributed by atoms with E-state index in [-0.39, 0.29) is 18.9 Å². The monoisotopic (exact) mass is 310 g/mol. The van der Waals surface area contributed by atoms with Crippen molar-refractivity contribution in [3.63, 3.8) is 0 Å². The number of fused-ring (bicyclic) bond motifs is 3. The first-order chi connectivity index (χ1) is 11.1. The van der Waals surface area contributed by atoms with Gasteiger partial charge in [0.25, 0.3) is 0 Å². The fraction of sp³-hybridized carbons (Fsp3) is 0.263. The second kappa shape index (κ2) is 6.24. The number of benzene rings is 2. The second-order valence-corrected chi connectivity index (χ2v) is 5.61. The Balaban J connectivity index is 2.12. The van der Waals surface area contributed by atoms with Crippen LogP contribution in [-0.4, -0.2) is 23.7 Å². The molecule has 1 N–H and O–H groups in total. The Bertz CT molecular complexity index is 705. The van der Waals surface area contributed by atoms with Crippen LogP contribution in [0.1, 0.15) is 30.4 Å². The molecule has 2 aromatic carbocycles. The van der Waals surface area contributed by atoms with Gasteiger partial charge < -0.3 is 9.84 Å². The summed E-state index contributed by atoms with van der Waals surface area (Å²) in [5.74, 6) is -2.45. The van der Waals surface area contributed by atoms with Crippen molar-refractivity contribution < 1.29 is 19.4 Å². The van der Waals surface area contributed by atoms with E-state index in [1.54, 1.807) is 6.92 Å². The summed E-state index contributed by atoms with van der Waals surface area (Å²) in [4.78, 5) is 23.7. The molecule has 0 saturated heterocycles. The van der Waals surface area contributed by atoms with E-state index >= 15 is 0 Å². The van der Waals surface area contributed by atoms with Crippen molar-refractivity contribution in [3.05, 3.63) is 59.7 Å². The fourth-order valence-corrected chi connectivity index (χ4v) is 3.40. The number of aliphatic carboxylic acids is 1. The maximum absolute atomic E-state index is 12.4. The van der Waals surface area contributed by atoms with Gasteiger partial charge in [-0.1, -0.05) is 48.5 Å². The summed E-state index contributed by atoms with van der Waals surface area (Å²) >= 11 is 0. The molecule has 1 unspecified atom stereocenters. The lowest BCUT2D eigenvalue weighted by molar-refractivity contribution is -0.153. The van der Waals surface area contributed by atoms with Crippen LogP contribution in [0.5, 0.6) is 0 Å². The van der Waals surface area contributed by atoms with Crippen molar-refractivity contribution in [2.24, 2.45) is 5.92 Å². The third-order valence-electron chi connectivity index (χ3n) is 4.27. The number of carbonyl (C=O) groups is 2. The number of esters is 1. The van der Waals surface area contributed by atoms with Gasteiger partial charge in [0.1, 0.15) is 0 Å². The Morgan fingerprint density at radius 1 is 1.04 bits per heavy atom. The Morgan fingerprint density at radius 3 is 2.04 bits per heavy atom. The van der Waals surface area contributed by atoms with Gasteiger partial charge in [0.15, 0.2) is 0 Å². The lowest BCUT2D eigenvalue weighted by Gasteiger charge is -2.22. The summed E-state index contributed by atoms with van der Waals surface area (Å²) < 4.78 is 5.15. The minimum absolute atomic E-state index is 0.241. The van der Waals surface area contributed by atoms with Crippen LogP contribution < -0.4 is 0 Å². The van der Waals surface area contributed by atoms with E-state index in [2.05, 4.69) is 0 Å². The minimum Gasteiger partial charge on any atom is -0.481 e. The Kier molecular flexibility index (Phi) is 4.15. The molecule has 2 aromatic rings. The third kappa shape index (κ3) is 2.72. The van der Waals surface area contributed by atoms with E-state index in [0.29, 0.717) is 0 Å². The molecule has 0 fully saturated rings. The van der Waals surface area contributed by atoms with Crippen molar-refractivity contribution in [2.75, 3.05) is 6.61 Å². The van der Waals surface area contributed by atoms with Gasteiger partial charge in [-0.2, -0.15) is 0 Å². The van der Waals surface area contributed by atoms with Gasteiger partial charge in [0.2, 0.25) is 0 Å². The van der Waals surface area contributed by atoms with Crippen LogP contribution in [0.25, 0.3) is 11.1 Å². The number of hydrogen-bond donors (Lipinski definition) is 1. The third-order valence-corrected chi connectivity index (χ3v) is 4.27. The van der Waals surface area contributed by atoms with Crippen molar-refractivity contribution >= 4 is 11.9 Å². The molecular formula is C19H18O4. The van der Waals surface area contributed by atoms with Gasteiger partial charge in [-0.25, -0.2) is 0 Å². The molecule has 4 heteroatoms. The summed E-state index contributed by atoms with van der Waals surface area (Å²) in [6, 6.07) is 15.7. The number of carboxylic acid groups (broad SMARTS) is 1. The van der Waals surface area contributed by atoms with E-state index in [0.717, 1.165) is 22.3 Å². The molecule has 0 aromatic heterocycles. The zero-order valence-corrected chi connectivity index (χ0v) is 12.9. The molecule has 1 aliphatic rings. The molecule has 0 heterocycles. The van der Waals surface area contributed by atoms with Crippen LogP contribution >= 0.6 is 0 Å². The number of rotatable bonds is 5.